The summed E-state index contributed by atoms with van der Waals surface area (Å²) in [4.78, 5) is 18.9. The van der Waals surface area contributed by atoms with Crippen molar-refractivity contribution in [1.82, 2.24) is 14.7 Å². The van der Waals surface area contributed by atoms with Crippen LogP contribution in [0.3, 0.4) is 0 Å². The van der Waals surface area contributed by atoms with Gasteiger partial charge in [-0.25, -0.2) is 0 Å². The molecule has 0 bridgehead atoms. The quantitative estimate of drug-likeness (QED) is 0.676. The number of hydrogen-bond donors (Lipinski definition) is 0. The second-order valence-electron chi connectivity index (χ2n) is 6.23. The Hall–Kier alpha value is -0.810. The van der Waals surface area contributed by atoms with Crippen molar-refractivity contribution in [2.24, 2.45) is 0 Å². The molecule has 0 aliphatic carbocycles. The lowest BCUT2D eigenvalue weighted by atomic mass is 10.2. The third-order valence-electron chi connectivity index (χ3n) is 3.52. The number of amides is 1. The molecule has 1 aromatic rings. The van der Waals surface area contributed by atoms with Gasteiger partial charge in [0, 0.05) is 18.1 Å². The number of halogens is 2. The molecule has 130 valence electrons. The van der Waals surface area contributed by atoms with E-state index in [4.69, 9.17) is 23.2 Å². The number of carbonyl (C=O) groups is 1. The normalized spacial score (nSPS) is 11.3. The molecule has 0 spiro atoms. The maximum atomic E-state index is 12.8. The minimum absolute atomic E-state index is 0.0239. The zero-order chi connectivity index (χ0) is 17.4. The van der Waals surface area contributed by atoms with Crippen LogP contribution in [-0.4, -0.2) is 75.0 Å². The van der Waals surface area contributed by atoms with Crippen molar-refractivity contribution in [3.05, 3.63) is 33.8 Å². The Morgan fingerprint density at radius 3 is 1.87 bits per heavy atom. The predicted octanol–water partition coefficient (Wildman–Crippen LogP) is 3.34. The number of hydrogen-bond acceptors (Lipinski definition) is 3. The standard InChI is InChI=1S/C17H27Cl2N3O/c1-20(2)9-5-11-22(12-6-10-21(3)4)17(23)15-8-7-14(18)13-16(15)19/h7-8,13H,5-6,9-12H2,1-4H3. The largest absolute Gasteiger partial charge is 0.339 e. The van der Waals surface area contributed by atoms with Gasteiger partial charge in [-0.2, -0.15) is 0 Å². The Bertz CT molecular complexity index is 493. The summed E-state index contributed by atoms with van der Waals surface area (Å²) in [6.07, 6.45) is 1.87. The van der Waals surface area contributed by atoms with Crippen molar-refractivity contribution in [3.8, 4) is 0 Å². The highest BCUT2D eigenvalue weighted by Gasteiger charge is 2.18. The smallest absolute Gasteiger partial charge is 0.255 e. The fraction of sp³-hybridized carbons (Fsp3) is 0.588. The molecule has 0 atom stereocenters. The Balaban J connectivity index is 2.77. The van der Waals surface area contributed by atoms with Gasteiger partial charge in [0.2, 0.25) is 0 Å². The minimum Gasteiger partial charge on any atom is -0.339 e. The zero-order valence-electron chi connectivity index (χ0n) is 14.5. The van der Waals surface area contributed by atoms with Crippen molar-refractivity contribution in [2.75, 3.05) is 54.4 Å². The summed E-state index contributed by atoms with van der Waals surface area (Å²) >= 11 is 12.1. The molecule has 0 radical (unpaired) electrons. The van der Waals surface area contributed by atoms with E-state index in [2.05, 4.69) is 9.80 Å². The zero-order valence-corrected chi connectivity index (χ0v) is 16.0. The molecule has 23 heavy (non-hydrogen) atoms. The molecule has 0 saturated carbocycles. The molecule has 6 heteroatoms. The average Bonchev–Trinajstić information content (AvgIpc) is 2.44. The molecule has 0 aliphatic rings. The number of carbonyl (C=O) groups excluding carboxylic acids is 1. The summed E-state index contributed by atoms with van der Waals surface area (Å²) in [6.45, 7) is 3.35. The lowest BCUT2D eigenvalue weighted by Crippen LogP contribution is -2.35. The molecule has 0 aliphatic heterocycles. The van der Waals surface area contributed by atoms with E-state index in [1.807, 2.05) is 33.1 Å². The number of nitrogens with zero attached hydrogens (tertiary/aromatic N) is 3. The summed E-state index contributed by atoms with van der Waals surface area (Å²) in [6, 6.07) is 5.03. The van der Waals surface area contributed by atoms with E-state index < -0.39 is 0 Å². The summed E-state index contributed by atoms with van der Waals surface area (Å²) < 4.78 is 0. The van der Waals surface area contributed by atoms with Crippen LogP contribution in [-0.2, 0) is 0 Å². The monoisotopic (exact) mass is 359 g/mol. The summed E-state index contributed by atoms with van der Waals surface area (Å²) in [5.41, 5.74) is 0.519. The van der Waals surface area contributed by atoms with Gasteiger partial charge in [0.05, 0.1) is 10.6 Å². The third-order valence-corrected chi connectivity index (χ3v) is 4.06. The number of benzene rings is 1. The fourth-order valence-electron chi connectivity index (χ4n) is 2.30. The lowest BCUT2D eigenvalue weighted by Gasteiger charge is -2.25. The summed E-state index contributed by atoms with van der Waals surface area (Å²) in [7, 11) is 8.14. The maximum absolute atomic E-state index is 12.8. The average molecular weight is 360 g/mol. The highest BCUT2D eigenvalue weighted by atomic mass is 35.5. The first-order valence-corrected chi connectivity index (χ1v) is 8.60. The van der Waals surface area contributed by atoms with Gasteiger partial charge < -0.3 is 14.7 Å². The molecular formula is C17H27Cl2N3O. The first-order valence-electron chi connectivity index (χ1n) is 7.85. The van der Waals surface area contributed by atoms with E-state index in [0.717, 1.165) is 39.0 Å². The SMILES string of the molecule is CN(C)CCCN(CCCN(C)C)C(=O)c1ccc(Cl)cc1Cl. The molecule has 0 N–H and O–H groups in total. The Morgan fingerprint density at radius 1 is 0.913 bits per heavy atom. The van der Waals surface area contributed by atoms with Gasteiger partial charge in [-0.3, -0.25) is 4.79 Å². The minimum atomic E-state index is -0.0239. The van der Waals surface area contributed by atoms with Crippen LogP contribution in [0.5, 0.6) is 0 Å². The van der Waals surface area contributed by atoms with Crippen molar-refractivity contribution in [2.45, 2.75) is 12.8 Å². The third kappa shape index (κ3) is 7.53. The van der Waals surface area contributed by atoms with E-state index in [1.165, 1.54) is 0 Å². The van der Waals surface area contributed by atoms with Crippen LogP contribution in [0.1, 0.15) is 23.2 Å². The molecule has 4 nitrogen and oxygen atoms in total. The van der Waals surface area contributed by atoms with Crippen LogP contribution < -0.4 is 0 Å². The molecular weight excluding hydrogens is 333 g/mol. The van der Waals surface area contributed by atoms with Gasteiger partial charge in [0.25, 0.3) is 5.91 Å². The Kier molecular flexibility index (Phi) is 8.92. The first-order chi connectivity index (χ1) is 10.8. The fourth-order valence-corrected chi connectivity index (χ4v) is 2.79. The molecule has 0 unspecified atom stereocenters. The topological polar surface area (TPSA) is 26.8 Å². The summed E-state index contributed by atoms with van der Waals surface area (Å²) in [5.74, 6) is -0.0239. The maximum Gasteiger partial charge on any atom is 0.255 e. The van der Waals surface area contributed by atoms with E-state index in [9.17, 15) is 4.79 Å². The van der Waals surface area contributed by atoms with Gasteiger partial charge in [-0.1, -0.05) is 23.2 Å². The van der Waals surface area contributed by atoms with E-state index in [-0.39, 0.29) is 5.91 Å². The molecule has 1 rings (SSSR count). The van der Waals surface area contributed by atoms with Crippen molar-refractivity contribution < 1.29 is 4.79 Å². The van der Waals surface area contributed by atoms with Crippen LogP contribution in [0.4, 0.5) is 0 Å². The van der Waals surface area contributed by atoms with Gasteiger partial charge in [-0.05, 0) is 72.3 Å². The second-order valence-corrected chi connectivity index (χ2v) is 7.07. The van der Waals surface area contributed by atoms with Crippen LogP contribution >= 0.6 is 23.2 Å². The first kappa shape index (κ1) is 20.2. The highest BCUT2D eigenvalue weighted by Crippen LogP contribution is 2.22. The molecule has 0 saturated heterocycles. The van der Waals surface area contributed by atoms with E-state index in [0.29, 0.717) is 15.6 Å². The van der Waals surface area contributed by atoms with E-state index >= 15 is 0 Å². The van der Waals surface area contributed by atoms with E-state index in [1.54, 1.807) is 18.2 Å². The second kappa shape index (κ2) is 10.1. The van der Waals surface area contributed by atoms with Crippen molar-refractivity contribution in [1.29, 1.82) is 0 Å². The van der Waals surface area contributed by atoms with Crippen LogP contribution in [0.2, 0.25) is 10.0 Å². The molecule has 0 aromatic heterocycles. The van der Waals surface area contributed by atoms with Gasteiger partial charge in [0.1, 0.15) is 0 Å². The van der Waals surface area contributed by atoms with Gasteiger partial charge in [0.15, 0.2) is 0 Å². The summed E-state index contributed by atoms with van der Waals surface area (Å²) in [5, 5.41) is 0.950. The molecule has 0 heterocycles. The van der Waals surface area contributed by atoms with Crippen LogP contribution in [0.15, 0.2) is 18.2 Å². The predicted molar refractivity (Wildman–Crippen MR) is 98.7 cm³/mol. The lowest BCUT2D eigenvalue weighted by molar-refractivity contribution is 0.0745. The van der Waals surface area contributed by atoms with Crippen molar-refractivity contribution >= 4 is 29.1 Å². The van der Waals surface area contributed by atoms with Gasteiger partial charge >= 0.3 is 0 Å². The van der Waals surface area contributed by atoms with Crippen LogP contribution in [0, 0.1) is 0 Å². The Labute approximate surface area is 149 Å². The highest BCUT2D eigenvalue weighted by molar-refractivity contribution is 6.36. The van der Waals surface area contributed by atoms with Gasteiger partial charge in [-0.15, -0.1) is 0 Å². The Morgan fingerprint density at radius 2 is 1.43 bits per heavy atom. The van der Waals surface area contributed by atoms with Crippen molar-refractivity contribution in [3.63, 3.8) is 0 Å². The molecule has 0 fully saturated rings. The number of rotatable bonds is 9. The van der Waals surface area contributed by atoms with Crippen LogP contribution in [0.25, 0.3) is 0 Å². The molecule has 1 amide bonds. The molecule has 1 aromatic carbocycles.